The van der Waals surface area contributed by atoms with Crippen LogP contribution < -0.4 is 10.6 Å². The van der Waals surface area contributed by atoms with E-state index in [9.17, 15) is 9.59 Å². The minimum Gasteiger partial charge on any atom is -0.342 e. The average molecular weight is 575 g/mol. The van der Waals surface area contributed by atoms with Gasteiger partial charge in [0, 0.05) is 11.6 Å². The minimum absolute atomic E-state index is 0.0197. The molecule has 1 aromatic heterocycles. The Kier molecular flexibility index (Phi) is 9.72. The highest BCUT2D eigenvalue weighted by atomic mass is 35.5. The molecule has 0 aliphatic heterocycles. The van der Waals surface area contributed by atoms with Gasteiger partial charge in [0.25, 0.3) is 5.91 Å². The molecule has 0 saturated heterocycles. The van der Waals surface area contributed by atoms with Crippen molar-refractivity contribution in [2.75, 3.05) is 11.1 Å². The minimum atomic E-state index is -0.416. The van der Waals surface area contributed by atoms with Gasteiger partial charge in [0.2, 0.25) is 5.91 Å². The van der Waals surface area contributed by atoms with Crippen LogP contribution in [0.5, 0.6) is 0 Å². The van der Waals surface area contributed by atoms with Gasteiger partial charge in [-0.1, -0.05) is 84.1 Å². The molecule has 0 bridgehead atoms. The summed E-state index contributed by atoms with van der Waals surface area (Å²) < 4.78 is 1.87. The number of benzene rings is 2. The number of rotatable bonds is 9. The van der Waals surface area contributed by atoms with E-state index < -0.39 is 6.04 Å². The van der Waals surface area contributed by atoms with Gasteiger partial charge in [0.15, 0.2) is 11.0 Å². The highest BCUT2D eigenvalue weighted by Gasteiger charge is 2.27. The molecule has 2 N–H and O–H groups in total. The molecule has 2 aromatic carbocycles. The number of halogens is 4. The molecule has 0 spiro atoms. The Morgan fingerprint density at radius 3 is 2.29 bits per heavy atom. The van der Waals surface area contributed by atoms with Gasteiger partial charge in [-0.2, -0.15) is 0 Å². The maximum absolute atomic E-state index is 12.9. The number of nitrogens with one attached hydrogen (secondary N) is 2. The fraction of sp³-hybridized carbons (Fsp3) is 0.304. The van der Waals surface area contributed by atoms with Crippen LogP contribution in [-0.4, -0.2) is 32.3 Å². The van der Waals surface area contributed by atoms with Gasteiger partial charge in [0.05, 0.1) is 38.1 Å². The van der Waals surface area contributed by atoms with Crippen molar-refractivity contribution in [1.29, 1.82) is 0 Å². The molecule has 0 aliphatic rings. The number of anilines is 1. The zero-order valence-electron chi connectivity index (χ0n) is 19.1. The third-order valence-electron chi connectivity index (χ3n) is 5.02. The molecule has 1 atom stereocenters. The van der Waals surface area contributed by atoms with Crippen molar-refractivity contribution in [3.63, 3.8) is 0 Å². The second-order valence-corrected chi connectivity index (χ2v) is 10.4. The van der Waals surface area contributed by atoms with Crippen LogP contribution in [0.1, 0.15) is 43.0 Å². The molecule has 0 aliphatic carbocycles. The largest absolute Gasteiger partial charge is 0.342 e. The van der Waals surface area contributed by atoms with Crippen LogP contribution in [0.25, 0.3) is 0 Å². The van der Waals surface area contributed by atoms with Crippen molar-refractivity contribution >= 4 is 75.7 Å². The van der Waals surface area contributed by atoms with E-state index in [0.717, 1.165) is 0 Å². The summed E-state index contributed by atoms with van der Waals surface area (Å²) in [6, 6.07) is 9.44. The summed E-state index contributed by atoms with van der Waals surface area (Å²) in [6.45, 7) is 6.45. The second-order valence-electron chi connectivity index (χ2n) is 7.84. The lowest BCUT2D eigenvalue weighted by atomic mass is 10.0. The molecule has 0 saturated carbocycles. The molecule has 0 unspecified atom stereocenters. The SMILES string of the molecule is CCn1c(SCC(=O)Nc2c(Cl)cc(Cl)cc2Cl)nnc1[C@@H](NC(=O)c1ccccc1Cl)C(C)C. The molecule has 3 rings (SSSR count). The maximum Gasteiger partial charge on any atom is 0.253 e. The Balaban J connectivity index is 1.74. The quantitative estimate of drug-likeness (QED) is 0.275. The number of thioether (sulfide) groups is 1. The smallest absolute Gasteiger partial charge is 0.253 e. The predicted octanol–water partition coefficient (Wildman–Crippen LogP) is 6.77. The Bertz CT molecular complexity index is 1210. The zero-order valence-corrected chi connectivity index (χ0v) is 23.0. The van der Waals surface area contributed by atoms with Crippen LogP contribution in [0, 0.1) is 5.92 Å². The molecule has 0 fully saturated rings. The average Bonchev–Trinajstić information content (AvgIpc) is 3.20. The van der Waals surface area contributed by atoms with E-state index in [1.165, 1.54) is 23.9 Å². The van der Waals surface area contributed by atoms with E-state index in [4.69, 9.17) is 46.4 Å². The van der Waals surface area contributed by atoms with E-state index >= 15 is 0 Å². The van der Waals surface area contributed by atoms with Gasteiger partial charge >= 0.3 is 0 Å². The third-order valence-corrected chi connectivity index (χ3v) is 7.13. The van der Waals surface area contributed by atoms with Crippen LogP contribution in [0.4, 0.5) is 5.69 Å². The van der Waals surface area contributed by atoms with Crippen molar-refractivity contribution in [1.82, 2.24) is 20.1 Å². The van der Waals surface area contributed by atoms with Gasteiger partial charge in [0.1, 0.15) is 0 Å². The summed E-state index contributed by atoms with van der Waals surface area (Å²) in [4.78, 5) is 25.4. The predicted molar refractivity (Wildman–Crippen MR) is 143 cm³/mol. The summed E-state index contributed by atoms with van der Waals surface area (Å²) in [7, 11) is 0. The van der Waals surface area contributed by atoms with E-state index in [-0.39, 0.29) is 33.5 Å². The molecule has 1 heterocycles. The summed E-state index contributed by atoms with van der Waals surface area (Å²) in [6.07, 6.45) is 0. The van der Waals surface area contributed by atoms with Crippen LogP contribution in [0.3, 0.4) is 0 Å². The van der Waals surface area contributed by atoms with E-state index in [1.807, 2.05) is 25.3 Å². The first-order valence-electron chi connectivity index (χ1n) is 10.7. The van der Waals surface area contributed by atoms with Crippen molar-refractivity contribution < 1.29 is 9.59 Å². The molecule has 0 radical (unpaired) electrons. The van der Waals surface area contributed by atoms with Gasteiger partial charge in [-0.05, 0) is 37.1 Å². The van der Waals surface area contributed by atoms with Crippen molar-refractivity contribution in [3.8, 4) is 0 Å². The standard InChI is InChI=1S/C23H23Cl4N5O2S/c1-4-32-21(19(12(2)3)29-22(34)14-7-5-6-8-15(14)25)30-31-23(32)35-11-18(33)28-20-16(26)9-13(24)10-17(20)27/h5-10,12,19H,4,11H2,1-3H3,(H,28,33)(H,29,34)/t19-/m0/s1. The first-order chi connectivity index (χ1) is 16.6. The van der Waals surface area contributed by atoms with Crippen LogP contribution in [0.15, 0.2) is 41.6 Å². The van der Waals surface area contributed by atoms with E-state index in [1.54, 1.807) is 24.3 Å². The topological polar surface area (TPSA) is 88.9 Å². The van der Waals surface area contributed by atoms with Crippen LogP contribution >= 0.6 is 58.2 Å². The van der Waals surface area contributed by atoms with E-state index in [2.05, 4.69) is 20.8 Å². The molecule has 7 nitrogen and oxygen atoms in total. The number of carbonyl (C=O) groups excluding carboxylic acids is 2. The van der Waals surface area contributed by atoms with Crippen LogP contribution in [-0.2, 0) is 11.3 Å². The fourth-order valence-corrected chi connectivity index (χ4v) is 5.24. The number of amides is 2. The van der Waals surface area contributed by atoms with Gasteiger partial charge in [-0.15, -0.1) is 10.2 Å². The number of hydrogen-bond acceptors (Lipinski definition) is 5. The number of aromatic nitrogens is 3. The summed E-state index contributed by atoms with van der Waals surface area (Å²) in [5, 5.41) is 16.1. The Morgan fingerprint density at radius 2 is 1.69 bits per heavy atom. The highest BCUT2D eigenvalue weighted by molar-refractivity contribution is 7.99. The highest BCUT2D eigenvalue weighted by Crippen LogP contribution is 2.34. The monoisotopic (exact) mass is 573 g/mol. The molecule has 3 aromatic rings. The lowest BCUT2D eigenvalue weighted by Crippen LogP contribution is -2.34. The third kappa shape index (κ3) is 6.83. The number of carbonyl (C=O) groups is 2. The normalized spacial score (nSPS) is 12.0. The summed E-state index contributed by atoms with van der Waals surface area (Å²) >= 11 is 25.6. The zero-order chi connectivity index (χ0) is 25.7. The lowest BCUT2D eigenvalue weighted by molar-refractivity contribution is -0.113. The van der Waals surface area contributed by atoms with Gasteiger partial charge in [-0.3, -0.25) is 9.59 Å². The first-order valence-corrected chi connectivity index (χ1v) is 13.2. The summed E-state index contributed by atoms with van der Waals surface area (Å²) in [5.74, 6) is 0.0399. The number of nitrogens with zero attached hydrogens (tertiary/aromatic N) is 3. The molecular weight excluding hydrogens is 552 g/mol. The summed E-state index contributed by atoms with van der Waals surface area (Å²) in [5.41, 5.74) is 0.677. The molecule has 12 heteroatoms. The second kappa shape index (κ2) is 12.3. The van der Waals surface area contributed by atoms with Crippen LogP contribution in [0.2, 0.25) is 20.1 Å². The Morgan fingerprint density at radius 1 is 1.03 bits per heavy atom. The Labute approximate surface area is 227 Å². The molecule has 2 amide bonds. The number of hydrogen-bond donors (Lipinski definition) is 2. The van der Waals surface area contributed by atoms with Gasteiger partial charge in [-0.25, -0.2) is 0 Å². The molecular formula is C23H23Cl4N5O2S. The molecule has 186 valence electrons. The van der Waals surface area contributed by atoms with Gasteiger partial charge < -0.3 is 15.2 Å². The lowest BCUT2D eigenvalue weighted by Gasteiger charge is -2.22. The fourth-order valence-electron chi connectivity index (χ4n) is 3.30. The van der Waals surface area contributed by atoms with Crippen molar-refractivity contribution in [3.05, 3.63) is 67.9 Å². The Hall–Kier alpha value is -1.97. The first kappa shape index (κ1) is 27.6. The maximum atomic E-state index is 12.9. The van der Waals surface area contributed by atoms with E-state index in [0.29, 0.717) is 38.8 Å². The molecule has 35 heavy (non-hydrogen) atoms. The van der Waals surface area contributed by atoms with Crippen molar-refractivity contribution in [2.45, 2.75) is 38.5 Å². The van der Waals surface area contributed by atoms with Crippen molar-refractivity contribution in [2.24, 2.45) is 5.92 Å².